The van der Waals surface area contributed by atoms with E-state index in [9.17, 15) is 96.7 Å². The number of hydrogen-bond donors (Lipinski definition) is 18. The van der Waals surface area contributed by atoms with Crippen LogP contribution in [-0.4, -0.2) is 328 Å². The van der Waals surface area contributed by atoms with Gasteiger partial charge in [-0.2, -0.15) is 0 Å². The molecule has 6 aliphatic rings. The molecule has 0 aromatic rings. The van der Waals surface area contributed by atoms with Crippen molar-refractivity contribution in [1.29, 1.82) is 0 Å². The van der Waals surface area contributed by atoms with Crippen LogP contribution < -0.4 is 0 Å². The van der Waals surface area contributed by atoms with E-state index in [0.29, 0.717) is 44.9 Å². The van der Waals surface area contributed by atoms with Crippen molar-refractivity contribution in [3.63, 3.8) is 0 Å². The van der Waals surface area contributed by atoms with Gasteiger partial charge in [-0.3, -0.25) is 4.79 Å². The first-order chi connectivity index (χ1) is 40.4. The third-order valence-corrected chi connectivity index (χ3v) is 16.5. The van der Waals surface area contributed by atoms with E-state index in [1.807, 2.05) is 6.92 Å². The fourth-order valence-corrected chi connectivity index (χ4v) is 11.1. The molecule has 498 valence electrons. The normalized spacial score (nSPS) is 45.3. The van der Waals surface area contributed by atoms with Gasteiger partial charge in [0.2, 0.25) is 0 Å². The predicted octanol–water partition coefficient (Wildman–Crippen LogP) is -7.42. The van der Waals surface area contributed by atoms with E-state index >= 15 is 0 Å². The van der Waals surface area contributed by atoms with E-state index in [2.05, 4.69) is 4.74 Å². The number of hydrogen-bond acceptors (Lipinski definition) is 32. The molecule has 85 heavy (non-hydrogen) atoms. The highest BCUT2D eigenvalue weighted by Crippen LogP contribution is 2.38. The quantitative estimate of drug-likeness (QED) is 0.0235. The second-order valence-electron chi connectivity index (χ2n) is 22.8. The fraction of sp³-hybridized carbons (Fsp3) is 0.981. The zero-order valence-electron chi connectivity index (χ0n) is 48.1. The number of rotatable bonds is 30. The van der Waals surface area contributed by atoms with Crippen LogP contribution in [0.3, 0.4) is 0 Å². The molecule has 6 heterocycles. The molecule has 0 aromatic heterocycles. The lowest BCUT2D eigenvalue weighted by atomic mass is 9.95. The zero-order chi connectivity index (χ0) is 62.6. The molecule has 0 aliphatic carbocycles. The largest absolute Gasteiger partial charge is 0.469 e. The molecule has 6 saturated heterocycles. The molecule has 0 unspecified atom stereocenters. The molecule has 0 aromatic carbocycles. The van der Waals surface area contributed by atoms with Crippen LogP contribution in [0.2, 0.25) is 0 Å². The van der Waals surface area contributed by atoms with Crippen molar-refractivity contribution < 1.29 is 158 Å². The minimum atomic E-state index is -2.17. The van der Waals surface area contributed by atoms with E-state index in [1.165, 1.54) is 21.0 Å². The van der Waals surface area contributed by atoms with Gasteiger partial charge in [-0.1, -0.05) is 58.3 Å². The molecule has 0 radical (unpaired) electrons. The van der Waals surface area contributed by atoms with Gasteiger partial charge in [0.1, 0.15) is 134 Å². The Morgan fingerprint density at radius 1 is 0.412 bits per heavy atom. The summed E-state index contributed by atoms with van der Waals surface area (Å²) in [6, 6.07) is 0. The minimum absolute atomic E-state index is 0.0995. The average molecular weight is 1240 g/mol. The lowest BCUT2D eigenvalue weighted by Crippen LogP contribution is -2.69. The summed E-state index contributed by atoms with van der Waals surface area (Å²) in [5.41, 5.74) is 0. The van der Waals surface area contributed by atoms with Crippen LogP contribution in [0.4, 0.5) is 0 Å². The summed E-state index contributed by atoms with van der Waals surface area (Å²) >= 11 is 0. The molecule has 32 heteroatoms. The Balaban J connectivity index is 1.31. The van der Waals surface area contributed by atoms with Crippen molar-refractivity contribution in [2.45, 2.75) is 294 Å². The number of unbranched alkanes of at least 4 members (excludes halogenated alkanes) is 6. The van der Waals surface area contributed by atoms with Gasteiger partial charge in [-0.25, -0.2) is 0 Å². The number of aliphatic hydroxyl groups excluding tert-OH is 18. The van der Waals surface area contributed by atoms with Crippen LogP contribution in [0.25, 0.3) is 0 Å². The molecule has 32 nitrogen and oxygen atoms in total. The molecule has 0 spiro atoms. The standard InChI is InChI=1S/C53H94O32/c1-5-6-14-24(15-12-10-8-7-9-11-13-23(57)16-29(58)73-4)77-52-46(39(68)34(63)28(81-52)20-74-48-40(69)36(65)30(59)21(2)75-48)84-53-47(45(35(64)27(19-56)80-53)83-50-42(71)38(67)33(62)26(18-55)79-50)85-51-43(72)44(31(60)22(3)76-51)82-49-41(70)37(66)32(61)25(17-54)78-49/h21-28,30-57,59-72H,5-20H2,1-4H3/t21-,22-,23-,24-,25+,26+,27+,28+,30-,31-,32+,33+,34+,35+,36+,37-,38-,39-,40+,41+,42+,43+,44+,45-,46+,47+,48+,49-,50-,51-,52+,53-/m0/s1. The first-order valence-electron chi connectivity index (χ1n) is 29.3. The number of aliphatic hydroxyl groups is 18. The Morgan fingerprint density at radius 3 is 1.42 bits per heavy atom. The number of carbonyl (C=O) groups excluding carboxylic acids is 1. The molecule has 0 saturated carbocycles. The highest BCUT2D eigenvalue weighted by molar-refractivity contribution is 5.69. The first-order valence-corrected chi connectivity index (χ1v) is 29.3. The SMILES string of the molecule is CCCC[C@@H](CCCCCCCC[C@H](O)CC(=O)OC)O[C@@H]1O[C@H](CO[C@@H]2O[C@@H](C)[C@H](O)[C@@H](O)[C@H]2O)[C@@H](O)[C@H](O)[C@H]1O[C@@H]1O[C@H](CO)[C@@H](O)[C@H](O[C@@H]2O[C@H](CO)[C@@H](O)[C@H](O)[C@H]2O)[C@H]1O[C@@H]1O[C@@H](C)[C@H](O)[C@@H](O[C@@H]2O[C@H](CO)[C@@H](O)[C@H](O)[C@H]2O)[C@H]1O. The van der Waals surface area contributed by atoms with Gasteiger partial charge in [-0.15, -0.1) is 0 Å². The molecule has 32 atom stereocenters. The number of methoxy groups -OCH3 is 1. The Hall–Kier alpha value is -1.73. The van der Waals surface area contributed by atoms with Crippen molar-refractivity contribution in [1.82, 2.24) is 0 Å². The molecule has 0 amide bonds. The van der Waals surface area contributed by atoms with Gasteiger partial charge in [-0.05, 0) is 33.1 Å². The molecular formula is C53H94O32. The second kappa shape index (κ2) is 34.1. The summed E-state index contributed by atoms with van der Waals surface area (Å²) in [6.45, 7) is 1.20. The van der Waals surface area contributed by atoms with Crippen LogP contribution >= 0.6 is 0 Å². The topological polar surface area (TPSA) is 501 Å². The van der Waals surface area contributed by atoms with Crippen LogP contribution in [0.15, 0.2) is 0 Å². The van der Waals surface area contributed by atoms with Crippen LogP contribution in [0.5, 0.6) is 0 Å². The van der Waals surface area contributed by atoms with Gasteiger partial charge in [0.25, 0.3) is 0 Å². The lowest BCUT2D eigenvalue weighted by molar-refractivity contribution is -0.414. The number of esters is 1. The second-order valence-corrected chi connectivity index (χ2v) is 22.8. The Labute approximate surface area is 491 Å². The van der Waals surface area contributed by atoms with E-state index in [0.717, 1.165) is 25.7 Å². The maximum Gasteiger partial charge on any atom is 0.308 e. The van der Waals surface area contributed by atoms with Crippen molar-refractivity contribution in [3.05, 3.63) is 0 Å². The summed E-state index contributed by atoms with van der Waals surface area (Å²) in [4.78, 5) is 11.5. The fourth-order valence-electron chi connectivity index (χ4n) is 11.1. The third kappa shape index (κ3) is 18.3. The highest BCUT2D eigenvalue weighted by Gasteiger charge is 2.58. The summed E-state index contributed by atoms with van der Waals surface area (Å²) in [6.07, 6.45) is -49.4. The van der Waals surface area contributed by atoms with E-state index < -0.39 is 229 Å². The molecule has 6 fully saturated rings. The van der Waals surface area contributed by atoms with E-state index in [1.54, 1.807) is 0 Å². The molecule has 6 aliphatic heterocycles. The van der Waals surface area contributed by atoms with Crippen molar-refractivity contribution in [2.75, 3.05) is 33.5 Å². The van der Waals surface area contributed by atoms with Crippen LogP contribution in [-0.2, 0) is 66.4 Å². The zero-order valence-corrected chi connectivity index (χ0v) is 48.1. The first kappa shape index (κ1) is 72.3. The monoisotopic (exact) mass is 1240 g/mol. The third-order valence-electron chi connectivity index (χ3n) is 16.5. The minimum Gasteiger partial charge on any atom is -0.469 e. The Morgan fingerprint density at radius 2 is 0.847 bits per heavy atom. The van der Waals surface area contributed by atoms with Gasteiger partial charge in [0.05, 0.1) is 64.4 Å². The number of carbonyl (C=O) groups is 1. The highest BCUT2D eigenvalue weighted by atomic mass is 16.8. The summed E-state index contributed by atoms with van der Waals surface area (Å²) in [7, 11) is 1.25. The maximum atomic E-state index is 12.2. The Bertz CT molecular complexity index is 1920. The smallest absolute Gasteiger partial charge is 0.308 e. The van der Waals surface area contributed by atoms with Gasteiger partial charge < -0.3 is 153 Å². The maximum absolute atomic E-state index is 12.2. The number of ether oxygens (including phenoxy) is 13. The predicted molar refractivity (Wildman–Crippen MR) is 278 cm³/mol. The van der Waals surface area contributed by atoms with E-state index in [4.69, 9.17) is 56.8 Å². The van der Waals surface area contributed by atoms with Crippen LogP contribution in [0.1, 0.15) is 97.8 Å². The summed E-state index contributed by atoms with van der Waals surface area (Å²) < 4.78 is 76.9. The summed E-state index contributed by atoms with van der Waals surface area (Å²) in [5, 5.41) is 196. The van der Waals surface area contributed by atoms with Gasteiger partial charge in [0.15, 0.2) is 37.7 Å². The summed E-state index contributed by atoms with van der Waals surface area (Å²) in [5.74, 6) is -0.503. The Kier molecular flexibility index (Phi) is 29.0. The molecule has 0 bridgehead atoms. The van der Waals surface area contributed by atoms with Crippen molar-refractivity contribution in [2.24, 2.45) is 0 Å². The lowest BCUT2D eigenvalue weighted by Gasteiger charge is -2.51. The average Bonchev–Trinajstić information content (AvgIpc) is 1.58. The molecular weight excluding hydrogens is 1150 g/mol. The van der Waals surface area contributed by atoms with E-state index in [-0.39, 0.29) is 6.42 Å². The van der Waals surface area contributed by atoms with Crippen molar-refractivity contribution >= 4 is 5.97 Å². The molecule has 6 rings (SSSR count). The van der Waals surface area contributed by atoms with Crippen molar-refractivity contribution in [3.8, 4) is 0 Å². The molecule has 18 N–H and O–H groups in total. The van der Waals surface area contributed by atoms with Gasteiger partial charge in [0, 0.05) is 0 Å². The van der Waals surface area contributed by atoms with Crippen LogP contribution in [0, 0.1) is 0 Å². The van der Waals surface area contributed by atoms with Gasteiger partial charge >= 0.3 is 5.97 Å².